The molecular formula is C18H27N5O4. The van der Waals surface area contributed by atoms with E-state index >= 15 is 0 Å². The largest absolute Gasteiger partial charge is 0.459 e. The predicted molar refractivity (Wildman–Crippen MR) is 99.5 cm³/mol. The number of ether oxygens (including phenoxy) is 1. The molecule has 9 heteroatoms. The molecule has 2 aliphatic rings. The van der Waals surface area contributed by atoms with Crippen molar-refractivity contribution in [1.82, 2.24) is 20.4 Å². The maximum atomic E-state index is 12.4. The maximum absolute atomic E-state index is 12.4. The van der Waals surface area contributed by atoms with Crippen LogP contribution < -0.4 is 10.6 Å². The summed E-state index contributed by atoms with van der Waals surface area (Å²) in [7, 11) is 1.73. The lowest BCUT2D eigenvalue weighted by atomic mass is 10.2. The third-order valence-electron chi connectivity index (χ3n) is 4.75. The smallest absolute Gasteiger partial charge is 0.287 e. The normalized spacial score (nSPS) is 20.6. The summed E-state index contributed by atoms with van der Waals surface area (Å²) in [5.74, 6) is 0.937. The highest BCUT2D eigenvalue weighted by molar-refractivity contribution is 5.91. The van der Waals surface area contributed by atoms with Crippen LogP contribution in [-0.2, 0) is 9.53 Å². The van der Waals surface area contributed by atoms with Crippen molar-refractivity contribution in [2.45, 2.75) is 18.9 Å². The molecule has 148 valence electrons. The topological polar surface area (TPSA) is 99.4 Å². The van der Waals surface area contributed by atoms with Crippen LogP contribution >= 0.6 is 0 Å². The average Bonchev–Trinajstić information content (AvgIpc) is 3.41. The fraction of sp³-hybridized carbons (Fsp3) is 0.611. The van der Waals surface area contributed by atoms with Crippen LogP contribution in [0.5, 0.6) is 0 Å². The van der Waals surface area contributed by atoms with Gasteiger partial charge in [-0.2, -0.15) is 0 Å². The summed E-state index contributed by atoms with van der Waals surface area (Å²) < 4.78 is 10.5. The second kappa shape index (κ2) is 9.40. The van der Waals surface area contributed by atoms with E-state index in [1.165, 1.54) is 6.26 Å². The molecule has 1 aromatic heterocycles. The fourth-order valence-corrected chi connectivity index (χ4v) is 3.29. The Balaban J connectivity index is 1.37. The number of hydrogen-bond acceptors (Lipinski definition) is 5. The molecule has 1 unspecified atom stereocenters. The molecular weight excluding hydrogens is 350 g/mol. The molecule has 2 aliphatic heterocycles. The number of amides is 2. The zero-order valence-corrected chi connectivity index (χ0v) is 15.6. The van der Waals surface area contributed by atoms with Gasteiger partial charge in [0, 0.05) is 52.9 Å². The number of nitrogens with one attached hydrogen (secondary N) is 2. The Morgan fingerprint density at radius 3 is 2.56 bits per heavy atom. The molecule has 0 aromatic carbocycles. The molecule has 2 N–H and O–H groups in total. The van der Waals surface area contributed by atoms with Gasteiger partial charge in [0.05, 0.1) is 6.26 Å². The molecule has 0 spiro atoms. The van der Waals surface area contributed by atoms with Crippen LogP contribution in [0.4, 0.5) is 0 Å². The third kappa shape index (κ3) is 5.00. The van der Waals surface area contributed by atoms with Gasteiger partial charge in [-0.05, 0) is 25.0 Å². The number of nitrogens with zero attached hydrogens (tertiary/aromatic N) is 3. The first-order chi connectivity index (χ1) is 13.2. The number of carbonyl (C=O) groups excluding carboxylic acids is 2. The van der Waals surface area contributed by atoms with Crippen LogP contribution in [0.1, 0.15) is 23.4 Å². The Labute approximate surface area is 158 Å². The highest BCUT2D eigenvalue weighted by Gasteiger charge is 2.30. The van der Waals surface area contributed by atoms with Crippen molar-refractivity contribution >= 4 is 17.8 Å². The van der Waals surface area contributed by atoms with Gasteiger partial charge >= 0.3 is 0 Å². The van der Waals surface area contributed by atoms with Gasteiger partial charge in [-0.25, -0.2) is 0 Å². The Morgan fingerprint density at radius 2 is 1.93 bits per heavy atom. The van der Waals surface area contributed by atoms with Crippen molar-refractivity contribution in [2.75, 3.05) is 52.9 Å². The van der Waals surface area contributed by atoms with E-state index in [1.807, 2.05) is 4.90 Å². The molecule has 1 aromatic rings. The Kier molecular flexibility index (Phi) is 6.69. The number of rotatable bonds is 5. The number of furan rings is 1. The number of guanidine groups is 1. The quantitative estimate of drug-likeness (QED) is 0.423. The molecule has 2 fully saturated rings. The standard InChI is InChI=1S/C18H27N5O4/c1-19-18(21-7-6-20-16(24)14-4-2-12-26-14)23-10-8-22(9-11-23)17(25)15-5-3-13-27-15/h2,4,12,15H,3,5-11,13H2,1H3,(H,19,21)(H,20,24). The van der Waals surface area contributed by atoms with E-state index in [2.05, 4.69) is 20.5 Å². The Bertz CT molecular complexity index is 647. The molecule has 27 heavy (non-hydrogen) atoms. The van der Waals surface area contributed by atoms with Crippen LogP contribution in [0, 0.1) is 0 Å². The highest BCUT2D eigenvalue weighted by atomic mass is 16.5. The minimum atomic E-state index is -0.258. The van der Waals surface area contributed by atoms with E-state index < -0.39 is 0 Å². The van der Waals surface area contributed by atoms with Crippen molar-refractivity contribution in [3.63, 3.8) is 0 Å². The van der Waals surface area contributed by atoms with Gasteiger partial charge in [0.25, 0.3) is 11.8 Å². The number of aliphatic imine (C=N–C) groups is 1. The molecule has 0 aliphatic carbocycles. The fourth-order valence-electron chi connectivity index (χ4n) is 3.29. The Hall–Kier alpha value is -2.55. The van der Waals surface area contributed by atoms with Crippen LogP contribution in [-0.4, -0.2) is 86.6 Å². The van der Waals surface area contributed by atoms with Crippen LogP contribution in [0.2, 0.25) is 0 Å². The van der Waals surface area contributed by atoms with Crippen molar-refractivity contribution in [3.05, 3.63) is 24.2 Å². The Morgan fingerprint density at radius 1 is 1.19 bits per heavy atom. The van der Waals surface area contributed by atoms with E-state index in [0.29, 0.717) is 38.5 Å². The molecule has 1 atom stereocenters. The third-order valence-corrected chi connectivity index (χ3v) is 4.75. The van der Waals surface area contributed by atoms with E-state index in [0.717, 1.165) is 31.9 Å². The minimum Gasteiger partial charge on any atom is -0.459 e. The van der Waals surface area contributed by atoms with Gasteiger partial charge in [-0.1, -0.05) is 0 Å². The van der Waals surface area contributed by atoms with Gasteiger partial charge in [0.2, 0.25) is 0 Å². The number of carbonyl (C=O) groups is 2. The summed E-state index contributed by atoms with van der Waals surface area (Å²) in [6, 6.07) is 3.30. The SMILES string of the molecule is CN=C(NCCNC(=O)c1ccco1)N1CCN(C(=O)C2CCCO2)CC1. The molecule has 2 saturated heterocycles. The summed E-state index contributed by atoms with van der Waals surface area (Å²) in [5, 5.41) is 6.03. The predicted octanol–water partition coefficient (Wildman–Crippen LogP) is -0.0920. The molecule has 0 saturated carbocycles. The van der Waals surface area contributed by atoms with Crippen molar-refractivity contribution in [3.8, 4) is 0 Å². The lowest BCUT2D eigenvalue weighted by Gasteiger charge is -2.37. The summed E-state index contributed by atoms with van der Waals surface area (Å²) in [6.45, 7) is 4.45. The number of hydrogen-bond donors (Lipinski definition) is 2. The van der Waals surface area contributed by atoms with Gasteiger partial charge in [0.1, 0.15) is 6.10 Å². The van der Waals surface area contributed by atoms with Gasteiger partial charge in [-0.3, -0.25) is 14.6 Å². The second-order valence-electron chi connectivity index (χ2n) is 6.52. The molecule has 3 rings (SSSR count). The average molecular weight is 377 g/mol. The van der Waals surface area contributed by atoms with Crippen molar-refractivity contribution in [1.29, 1.82) is 0 Å². The summed E-state index contributed by atoms with van der Waals surface area (Å²) in [6.07, 6.45) is 3.00. The van der Waals surface area contributed by atoms with E-state index in [4.69, 9.17) is 9.15 Å². The van der Waals surface area contributed by atoms with E-state index in [-0.39, 0.29) is 17.9 Å². The lowest BCUT2D eigenvalue weighted by Crippen LogP contribution is -2.55. The first-order valence-corrected chi connectivity index (χ1v) is 9.36. The van der Waals surface area contributed by atoms with Crippen molar-refractivity contribution < 1.29 is 18.7 Å². The van der Waals surface area contributed by atoms with Gasteiger partial charge in [0.15, 0.2) is 11.7 Å². The van der Waals surface area contributed by atoms with E-state index in [9.17, 15) is 9.59 Å². The van der Waals surface area contributed by atoms with Crippen LogP contribution in [0.25, 0.3) is 0 Å². The minimum absolute atomic E-state index is 0.107. The molecule has 0 bridgehead atoms. The summed E-state index contributed by atoms with van der Waals surface area (Å²) in [4.78, 5) is 32.5. The first kappa shape index (κ1) is 19.2. The second-order valence-corrected chi connectivity index (χ2v) is 6.52. The number of piperazine rings is 1. The zero-order chi connectivity index (χ0) is 19.1. The van der Waals surface area contributed by atoms with Gasteiger partial charge < -0.3 is 29.6 Å². The summed E-state index contributed by atoms with van der Waals surface area (Å²) >= 11 is 0. The van der Waals surface area contributed by atoms with Crippen LogP contribution in [0.15, 0.2) is 27.8 Å². The highest BCUT2D eigenvalue weighted by Crippen LogP contribution is 2.16. The molecule has 2 amide bonds. The maximum Gasteiger partial charge on any atom is 0.287 e. The summed E-state index contributed by atoms with van der Waals surface area (Å²) in [5.41, 5.74) is 0. The van der Waals surface area contributed by atoms with Crippen LogP contribution in [0.3, 0.4) is 0 Å². The van der Waals surface area contributed by atoms with Gasteiger partial charge in [-0.15, -0.1) is 0 Å². The zero-order valence-electron chi connectivity index (χ0n) is 15.6. The monoisotopic (exact) mass is 377 g/mol. The lowest BCUT2D eigenvalue weighted by molar-refractivity contribution is -0.142. The van der Waals surface area contributed by atoms with Crippen molar-refractivity contribution in [2.24, 2.45) is 4.99 Å². The van der Waals surface area contributed by atoms with E-state index in [1.54, 1.807) is 19.2 Å². The molecule has 3 heterocycles. The molecule has 9 nitrogen and oxygen atoms in total. The molecule has 0 radical (unpaired) electrons. The first-order valence-electron chi connectivity index (χ1n) is 9.36.